The lowest BCUT2D eigenvalue weighted by atomic mass is 10.00. The molecule has 0 saturated heterocycles. The van der Waals surface area contributed by atoms with E-state index >= 15 is 0 Å². The third-order valence-corrected chi connectivity index (χ3v) is 3.26. The van der Waals surface area contributed by atoms with E-state index in [1.165, 1.54) is 37.7 Å². The summed E-state index contributed by atoms with van der Waals surface area (Å²) in [5.41, 5.74) is 1.38. The fourth-order valence-corrected chi connectivity index (χ4v) is 2.14. The molecule has 0 radical (unpaired) electrons. The van der Waals surface area contributed by atoms with Gasteiger partial charge in [0.25, 0.3) is 0 Å². The fraction of sp³-hybridized carbons (Fsp3) is 0.625. The quantitative estimate of drug-likeness (QED) is 0.658. The number of unbranched alkanes of at least 4 members (excludes halogenated alkanes) is 2. The van der Waals surface area contributed by atoms with E-state index in [9.17, 15) is 0 Å². The summed E-state index contributed by atoms with van der Waals surface area (Å²) in [6.45, 7) is 5.55. The van der Waals surface area contributed by atoms with Crippen molar-refractivity contribution in [3.63, 3.8) is 0 Å². The molecule has 0 aliphatic rings. The standard InChI is InChI=1S/C16H27NO/c1-4-6-7-8-16(17-13-5-2)14-9-11-15(18-3)12-10-14/h9-12,16-17H,4-8,13H2,1-3H3. The molecule has 0 aromatic heterocycles. The van der Waals surface area contributed by atoms with Crippen molar-refractivity contribution in [3.8, 4) is 5.75 Å². The van der Waals surface area contributed by atoms with Crippen LogP contribution in [0.3, 0.4) is 0 Å². The van der Waals surface area contributed by atoms with Gasteiger partial charge in [-0.1, -0.05) is 45.2 Å². The lowest BCUT2D eigenvalue weighted by molar-refractivity contribution is 0.413. The number of hydrogen-bond donors (Lipinski definition) is 1. The molecule has 0 aliphatic carbocycles. The van der Waals surface area contributed by atoms with Crippen molar-refractivity contribution >= 4 is 0 Å². The number of hydrogen-bond acceptors (Lipinski definition) is 2. The summed E-state index contributed by atoms with van der Waals surface area (Å²) in [6.07, 6.45) is 6.30. The van der Waals surface area contributed by atoms with Crippen LogP contribution in [0, 0.1) is 0 Å². The zero-order valence-electron chi connectivity index (χ0n) is 12.0. The average Bonchev–Trinajstić information content (AvgIpc) is 2.43. The Balaban J connectivity index is 2.60. The number of nitrogens with one attached hydrogen (secondary N) is 1. The summed E-state index contributed by atoms with van der Waals surface area (Å²) in [7, 11) is 1.71. The molecule has 1 aromatic carbocycles. The summed E-state index contributed by atoms with van der Waals surface area (Å²) in [6, 6.07) is 8.95. The van der Waals surface area contributed by atoms with Gasteiger partial charge in [0.05, 0.1) is 7.11 Å². The van der Waals surface area contributed by atoms with Crippen molar-refractivity contribution in [2.45, 2.75) is 52.0 Å². The van der Waals surface area contributed by atoms with Crippen LogP contribution in [0.4, 0.5) is 0 Å². The summed E-state index contributed by atoms with van der Waals surface area (Å²) in [5, 5.41) is 3.64. The molecule has 1 aromatic rings. The van der Waals surface area contributed by atoms with E-state index < -0.39 is 0 Å². The highest BCUT2D eigenvalue weighted by atomic mass is 16.5. The zero-order valence-corrected chi connectivity index (χ0v) is 12.0. The van der Waals surface area contributed by atoms with Crippen molar-refractivity contribution in [3.05, 3.63) is 29.8 Å². The second kappa shape index (κ2) is 8.98. The Labute approximate surface area is 112 Å². The molecule has 1 unspecified atom stereocenters. The molecule has 0 amide bonds. The molecule has 2 heteroatoms. The van der Waals surface area contributed by atoms with Gasteiger partial charge in [0.15, 0.2) is 0 Å². The summed E-state index contributed by atoms with van der Waals surface area (Å²) in [5.74, 6) is 0.932. The van der Waals surface area contributed by atoms with Crippen LogP contribution in [0.1, 0.15) is 57.6 Å². The van der Waals surface area contributed by atoms with Crippen LogP contribution in [-0.2, 0) is 0 Å². The molecule has 1 atom stereocenters. The average molecular weight is 249 g/mol. The van der Waals surface area contributed by atoms with Crippen molar-refractivity contribution in [2.75, 3.05) is 13.7 Å². The van der Waals surface area contributed by atoms with Crippen LogP contribution in [0.5, 0.6) is 5.75 Å². The Hall–Kier alpha value is -1.02. The molecule has 18 heavy (non-hydrogen) atoms. The lowest BCUT2D eigenvalue weighted by Crippen LogP contribution is -2.22. The van der Waals surface area contributed by atoms with Crippen LogP contribution < -0.4 is 10.1 Å². The Kier molecular flexibility index (Phi) is 7.51. The van der Waals surface area contributed by atoms with Gasteiger partial charge >= 0.3 is 0 Å². The van der Waals surface area contributed by atoms with Gasteiger partial charge in [-0.3, -0.25) is 0 Å². The monoisotopic (exact) mass is 249 g/mol. The fourth-order valence-electron chi connectivity index (χ4n) is 2.14. The Morgan fingerprint density at radius 3 is 2.33 bits per heavy atom. The molecule has 0 heterocycles. The van der Waals surface area contributed by atoms with Crippen LogP contribution in [0.2, 0.25) is 0 Å². The highest BCUT2D eigenvalue weighted by Gasteiger charge is 2.10. The molecule has 2 nitrogen and oxygen atoms in total. The second-order valence-electron chi connectivity index (χ2n) is 4.78. The maximum atomic E-state index is 5.21. The molecular formula is C16H27NO. The van der Waals surface area contributed by atoms with Crippen molar-refractivity contribution in [2.24, 2.45) is 0 Å². The van der Waals surface area contributed by atoms with Crippen LogP contribution >= 0.6 is 0 Å². The second-order valence-corrected chi connectivity index (χ2v) is 4.78. The third kappa shape index (κ3) is 5.09. The van der Waals surface area contributed by atoms with Gasteiger partial charge in [0, 0.05) is 6.04 Å². The van der Waals surface area contributed by atoms with Crippen LogP contribution in [-0.4, -0.2) is 13.7 Å². The van der Waals surface area contributed by atoms with Gasteiger partial charge in [0.2, 0.25) is 0 Å². The van der Waals surface area contributed by atoms with Crippen molar-refractivity contribution in [1.82, 2.24) is 5.32 Å². The smallest absolute Gasteiger partial charge is 0.118 e. The zero-order chi connectivity index (χ0) is 13.2. The molecule has 1 rings (SSSR count). The first kappa shape index (κ1) is 15.0. The van der Waals surface area contributed by atoms with E-state index in [0.717, 1.165) is 12.3 Å². The highest BCUT2D eigenvalue weighted by Crippen LogP contribution is 2.22. The van der Waals surface area contributed by atoms with Gasteiger partial charge < -0.3 is 10.1 Å². The first-order valence-corrected chi connectivity index (χ1v) is 7.19. The van der Waals surface area contributed by atoms with E-state index in [4.69, 9.17) is 4.74 Å². The Morgan fingerprint density at radius 1 is 1.06 bits per heavy atom. The molecule has 1 N–H and O–H groups in total. The van der Waals surface area contributed by atoms with Gasteiger partial charge in [-0.25, -0.2) is 0 Å². The molecule has 0 aliphatic heterocycles. The number of benzene rings is 1. The number of methoxy groups -OCH3 is 1. The first-order chi connectivity index (χ1) is 8.81. The van der Waals surface area contributed by atoms with E-state index in [1.807, 2.05) is 0 Å². The minimum absolute atomic E-state index is 0.488. The summed E-state index contributed by atoms with van der Waals surface area (Å²) >= 11 is 0. The minimum atomic E-state index is 0.488. The first-order valence-electron chi connectivity index (χ1n) is 7.19. The molecule has 0 spiro atoms. The van der Waals surface area contributed by atoms with Crippen molar-refractivity contribution in [1.29, 1.82) is 0 Å². The topological polar surface area (TPSA) is 21.3 Å². The normalized spacial score (nSPS) is 12.4. The maximum Gasteiger partial charge on any atom is 0.118 e. The predicted molar refractivity (Wildman–Crippen MR) is 78.2 cm³/mol. The highest BCUT2D eigenvalue weighted by molar-refractivity contribution is 5.29. The molecule has 0 bridgehead atoms. The summed E-state index contributed by atoms with van der Waals surface area (Å²) in [4.78, 5) is 0. The van der Waals surface area contributed by atoms with Gasteiger partial charge in [0.1, 0.15) is 5.75 Å². The molecule has 0 saturated carbocycles. The van der Waals surface area contributed by atoms with Crippen LogP contribution in [0.15, 0.2) is 24.3 Å². The largest absolute Gasteiger partial charge is 0.497 e. The van der Waals surface area contributed by atoms with E-state index in [0.29, 0.717) is 6.04 Å². The molecule has 0 fully saturated rings. The van der Waals surface area contributed by atoms with E-state index in [2.05, 4.69) is 43.4 Å². The number of rotatable bonds is 9. The summed E-state index contributed by atoms with van der Waals surface area (Å²) < 4.78 is 5.21. The number of ether oxygens (including phenoxy) is 1. The molecule has 102 valence electrons. The maximum absolute atomic E-state index is 5.21. The van der Waals surface area contributed by atoms with Gasteiger partial charge in [-0.15, -0.1) is 0 Å². The minimum Gasteiger partial charge on any atom is -0.497 e. The van der Waals surface area contributed by atoms with Crippen molar-refractivity contribution < 1.29 is 4.74 Å². The van der Waals surface area contributed by atoms with Gasteiger partial charge in [-0.05, 0) is 37.1 Å². The Morgan fingerprint density at radius 2 is 1.78 bits per heavy atom. The SMILES string of the molecule is CCCCCC(NCCC)c1ccc(OC)cc1. The molecular weight excluding hydrogens is 222 g/mol. The van der Waals surface area contributed by atoms with Gasteiger partial charge in [-0.2, -0.15) is 0 Å². The van der Waals surface area contributed by atoms with E-state index in [-0.39, 0.29) is 0 Å². The third-order valence-electron chi connectivity index (χ3n) is 3.26. The Bertz CT molecular complexity index is 307. The van der Waals surface area contributed by atoms with Crippen LogP contribution in [0.25, 0.3) is 0 Å². The van der Waals surface area contributed by atoms with E-state index in [1.54, 1.807) is 7.11 Å². The lowest BCUT2D eigenvalue weighted by Gasteiger charge is -2.19. The predicted octanol–water partition coefficient (Wildman–Crippen LogP) is 4.32.